The van der Waals surface area contributed by atoms with Crippen LogP contribution in [-0.4, -0.2) is 5.91 Å². The molecule has 2 aromatic carbocycles. The maximum absolute atomic E-state index is 13.1. The highest BCUT2D eigenvalue weighted by molar-refractivity contribution is 5.94. The highest BCUT2D eigenvalue weighted by Gasteiger charge is 2.15. The Kier molecular flexibility index (Phi) is 4.16. The van der Waals surface area contributed by atoms with Crippen LogP contribution < -0.4 is 11.1 Å². The van der Waals surface area contributed by atoms with Crippen LogP contribution in [0.15, 0.2) is 30.3 Å². The molecule has 6 heteroatoms. The van der Waals surface area contributed by atoms with Crippen LogP contribution in [-0.2, 0) is 6.54 Å². The first-order valence-corrected chi connectivity index (χ1v) is 6.17. The third-order valence-corrected chi connectivity index (χ3v) is 3.17. The van der Waals surface area contributed by atoms with Crippen molar-refractivity contribution in [2.45, 2.75) is 13.5 Å². The second-order valence-electron chi connectivity index (χ2n) is 4.57. The van der Waals surface area contributed by atoms with Crippen molar-refractivity contribution in [1.82, 2.24) is 5.32 Å². The zero-order chi connectivity index (χ0) is 15.6. The first-order valence-electron chi connectivity index (χ1n) is 6.17. The summed E-state index contributed by atoms with van der Waals surface area (Å²) in [4.78, 5) is 11.8. The molecule has 21 heavy (non-hydrogen) atoms. The predicted octanol–water partition coefficient (Wildman–Crippen LogP) is 2.92. The number of carbonyl (C=O) groups is 1. The van der Waals surface area contributed by atoms with Crippen LogP contribution in [0.2, 0.25) is 0 Å². The number of rotatable bonds is 3. The summed E-state index contributed by atoms with van der Waals surface area (Å²) in [5.74, 6) is -5.10. The number of benzene rings is 2. The number of halogens is 3. The average molecular weight is 294 g/mol. The smallest absolute Gasteiger partial charge is 0.251 e. The van der Waals surface area contributed by atoms with Crippen LogP contribution in [0, 0.1) is 24.4 Å². The summed E-state index contributed by atoms with van der Waals surface area (Å²) in [5, 5.41) is 2.51. The highest BCUT2D eigenvalue weighted by Crippen LogP contribution is 2.16. The van der Waals surface area contributed by atoms with Crippen LogP contribution in [0.25, 0.3) is 0 Å². The highest BCUT2D eigenvalue weighted by atomic mass is 19.2. The van der Waals surface area contributed by atoms with Gasteiger partial charge in [-0.3, -0.25) is 4.79 Å². The molecule has 0 fully saturated rings. The number of anilines is 1. The largest absolute Gasteiger partial charge is 0.399 e. The van der Waals surface area contributed by atoms with Crippen molar-refractivity contribution in [2.24, 2.45) is 0 Å². The number of carbonyl (C=O) groups excluding carboxylic acids is 1. The van der Waals surface area contributed by atoms with Gasteiger partial charge in [0.05, 0.1) is 0 Å². The minimum Gasteiger partial charge on any atom is -0.399 e. The Labute approximate surface area is 119 Å². The fourth-order valence-corrected chi connectivity index (χ4v) is 1.86. The van der Waals surface area contributed by atoms with Crippen molar-refractivity contribution < 1.29 is 18.0 Å². The lowest BCUT2D eigenvalue weighted by molar-refractivity contribution is 0.0949. The van der Waals surface area contributed by atoms with E-state index in [0.717, 1.165) is 11.1 Å². The van der Waals surface area contributed by atoms with Crippen molar-refractivity contribution in [3.05, 3.63) is 64.5 Å². The summed E-state index contributed by atoms with van der Waals surface area (Å²) in [6.07, 6.45) is 0. The van der Waals surface area contributed by atoms with Crippen molar-refractivity contribution in [2.75, 3.05) is 5.73 Å². The Morgan fingerprint density at radius 3 is 2.43 bits per heavy atom. The minimum absolute atomic E-state index is 0.149. The molecule has 2 rings (SSSR count). The van der Waals surface area contributed by atoms with E-state index in [1.807, 2.05) is 0 Å². The molecule has 0 aliphatic rings. The van der Waals surface area contributed by atoms with Gasteiger partial charge in [0, 0.05) is 17.8 Å². The van der Waals surface area contributed by atoms with Crippen molar-refractivity contribution in [1.29, 1.82) is 0 Å². The Morgan fingerprint density at radius 1 is 1.19 bits per heavy atom. The first-order chi connectivity index (χ1) is 9.90. The third-order valence-electron chi connectivity index (χ3n) is 3.17. The van der Waals surface area contributed by atoms with Crippen molar-refractivity contribution in [3.63, 3.8) is 0 Å². The van der Waals surface area contributed by atoms with E-state index < -0.39 is 23.4 Å². The molecule has 1 amide bonds. The lowest BCUT2D eigenvalue weighted by Crippen LogP contribution is -2.23. The molecule has 0 aliphatic carbocycles. The molecule has 0 saturated heterocycles. The van der Waals surface area contributed by atoms with Crippen molar-refractivity contribution in [3.8, 4) is 0 Å². The number of hydrogen-bond donors (Lipinski definition) is 2. The average Bonchev–Trinajstić information content (AvgIpc) is 2.45. The zero-order valence-corrected chi connectivity index (χ0v) is 11.2. The Morgan fingerprint density at radius 2 is 1.81 bits per heavy atom. The van der Waals surface area contributed by atoms with Gasteiger partial charge in [0.25, 0.3) is 5.91 Å². The molecule has 0 bridgehead atoms. The molecule has 0 aromatic heterocycles. The second-order valence-corrected chi connectivity index (χ2v) is 4.57. The van der Waals surface area contributed by atoms with Gasteiger partial charge in [-0.1, -0.05) is 12.1 Å². The topological polar surface area (TPSA) is 55.1 Å². The van der Waals surface area contributed by atoms with Crippen LogP contribution in [0.5, 0.6) is 0 Å². The van der Waals surface area contributed by atoms with Gasteiger partial charge in [-0.05, 0) is 36.2 Å². The van der Waals surface area contributed by atoms with E-state index in [-0.39, 0.29) is 12.1 Å². The number of hydrogen-bond acceptors (Lipinski definition) is 2. The molecule has 0 aliphatic heterocycles. The molecule has 2 aromatic rings. The fraction of sp³-hybridized carbons (Fsp3) is 0.133. The standard InChI is InChI=1S/C15H13F3N2O/c1-8-9(3-2-4-13(8)19)7-20-15(21)10-5-11(16)14(18)12(17)6-10/h2-6H,7,19H2,1H3,(H,20,21). The van der Waals surface area contributed by atoms with Gasteiger partial charge >= 0.3 is 0 Å². The summed E-state index contributed by atoms with van der Waals surface area (Å²) < 4.78 is 39.0. The first kappa shape index (κ1) is 14.9. The molecular weight excluding hydrogens is 281 g/mol. The van der Waals surface area contributed by atoms with Crippen LogP contribution in [0.1, 0.15) is 21.5 Å². The molecule has 0 spiro atoms. The third kappa shape index (κ3) is 3.16. The van der Waals surface area contributed by atoms with Gasteiger partial charge in [-0.2, -0.15) is 0 Å². The number of nitrogen functional groups attached to an aromatic ring is 1. The molecule has 0 saturated carbocycles. The van der Waals surface area contributed by atoms with Gasteiger partial charge in [0.15, 0.2) is 17.5 Å². The van der Waals surface area contributed by atoms with Crippen molar-refractivity contribution >= 4 is 11.6 Å². The maximum atomic E-state index is 13.1. The Hall–Kier alpha value is -2.50. The van der Waals surface area contributed by atoms with Crippen LogP contribution in [0.4, 0.5) is 18.9 Å². The Bertz CT molecular complexity index is 678. The minimum atomic E-state index is -1.60. The molecule has 3 N–H and O–H groups in total. The summed E-state index contributed by atoms with van der Waals surface area (Å²) in [6.45, 7) is 1.95. The summed E-state index contributed by atoms with van der Waals surface area (Å²) in [6, 6.07) is 6.55. The second kappa shape index (κ2) is 5.87. The van der Waals surface area contributed by atoms with Gasteiger partial charge in [-0.25, -0.2) is 13.2 Å². The van der Waals surface area contributed by atoms with E-state index in [4.69, 9.17) is 5.73 Å². The molecule has 0 unspecified atom stereocenters. The fourth-order valence-electron chi connectivity index (χ4n) is 1.86. The monoisotopic (exact) mass is 294 g/mol. The van der Waals surface area contributed by atoms with Gasteiger partial charge in [0.2, 0.25) is 0 Å². The number of nitrogens with two attached hydrogens (primary N) is 1. The summed E-state index contributed by atoms with van der Waals surface area (Å²) >= 11 is 0. The van der Waals surface area contributed by atoms with E-state index in [0.29, 0.717) is 17.8 Å². The van der Waals surface area contributed by atoms with Crippen LogP contribution >= 0.6 is 0 Å². The molecule has 110 valence electrons. The van der Waals surface area contributed by atoms with E-state index in [9.17, 15) is 18.0 Å². The van der Waals surface area contributed by atoms with E-state index >= 15 is 0 Å². The lowest BCUT2D eigenvalue weighted by Gasteiger charge is -2.10. The molecule has 3 nitrogen and oxygen atoms in total. The molecule has 0 atom stereocenters. The number of nitrogens with one attached hydrogen (secondary N) is 1. The van der Waals surface area contributed by atoms with Crippen LogP contribution in [0.3, 0.4) is 0 Å². The quantitative estimate of drug-likeness (QED) is 0.675. The predicted molar refractivity (Wildman–Crippen MR) is 73.1 cm³/mol. The lowest BCUT2D eigenvalue weighted by atomic mass is 10.1. The summed E-state index contributed by atoms with van der Waals surface area (Å²) in [7, 11) is 0. The molecule has 0 heterocycles. The van der Waals surface area contributed by atoms with Gasteiger partial charge < -0.3 is 11.1 Å². The SMILES string of the molecule is Cc1c(N)cccc1CNC(=O)c1cc(F)c(F)c(F)c1. The summed E-state index contributed by atoms with van der Waals surface area (Å²) in [5.41, 5.74) is 7.64. The zero-order valence-electron chi connectivity index (χ0n) is 11.2. The maximum Gasteiger partial charge on any atom is 0.251 e. The van der Waals surface area contributed by atoms with E-state index in [1.54, 1.807) is 25.1 Å². The Balaban J connectivity index is 2.14. The van der Waals surface area contributed by atoms with E-state index in [1.165, 1.54) is 0 Å². The molecular formula is C15H13F3N2O. The normalized spacial score (nSPS) is 10.5. The van der Waals surface area contributed by atoms with Gasteiger partial charge in [0.1, 0.15) is 0 Å². The number of amides is 1. The van der Waals surface area contributed by atoms with Gasteiger partial charge in [-0.15, -0.1) is 0 Å². The molecule has 0 radical (unpaired) electrons. The van der Waals surface area contributed by atoms with E-state index in [2.05, 4.69) is 5.32 Å².